The first-order chi connectivity index (χ1) is 13.9. The molecule has 0 saturated carbocycles. The van der Waals surface area contributed by atoms with Crippen molar-refractivity contribution in [3.8, 4) is 22.6 Å². The van der Waals surface area contributed by atoms with Crippen LogP contribution in [0.2, 0.25) is 0 Å². The Hall–Kier alpha value is -2.86. The molecular weight excluding hydrogens is 370 g/mol. The van der Waals surface area contributed by atoms with E-state index in [1.165, 1.54) is 14.0 Å². The number of rotatable bonds is 5. The van der Waals surface area contributed by atoms with Crippen molar-refractivity contribution in [3.05, 3.63) is 56.7 Å². The molecule has 0 fully saturated rings. The Morgan fingerprint density at radius 2 is 1.90 bits per heavy atom. The van der Waals surface area contributed by atoms with Crippen LogP contribution in [0, 0.1) is 0 Å². The Bertz CT molecular complexity index is 999. The van der Waals surface area contributed by atoms with E-state index in [0.29, 0.717) is 41.9 Å². The lowest BCUT2D eigenvalue weighted by Gasteiger charge is -2.19. The van der Waals surface area contributed by atoms with Gasteiger partial charge in [0.15, 0.2) is 16.9 Å². The lowest BCUT2D eigenvalue weighted by molar-refractivity contribution is -0.119. The van der Waals surface area contributed by atoms with Gasteiger partial charge in [-0.25, -0.2) is 0 Å². The van der Waals surface area contributed by atoms with E-state index in [1.807, 2.05) is 25.1 Å². The van der Waals surface area contributed by atoms with Crippen LogP contribution in [-0.4, -0.2) is 25.2 Å². The first-order valence-corrected chi connectivity index (χ1v) is 9.77. The van der Waals surface area contributed by atoms with Gasteiger partial charge in [0.05, 0.1) is 26.9 Å². The Balaban J connectivity index is 2.41. The van der Waals surface area contributed by atoms with Crippen molar-refractivity contribution in [2.45, 2.75) is 45.8 Å². The second-order valence-corrected chi connectivity index (χ2v) is 7.18. The average Bonchev–Trinajstić information content (AvgIpc) is 2.95. The Kier molecular flexibility index (Phi) is 6.23. The molecule has 0 heterocycles. The van der Waals surface area contributed by atoms with Gasteiger partial charge in [-0.3, -0.25) is 9.59 Å². The third-order valence-electron chi connectivity index (χ3n) is 5.44. The largest absolute Gasteiger partial charge is 0.492 e. The van der Waals surface area contributed by atoms with E-state index in [2.05, 4.69) is 5.32 Å². The number of nitrogens with one attached hydrogen (secondary N) is 1. The number of aryl methyl sites for hydroxylation is 2. The first-order valence-electron chi connectivity index (χ1n) is 9.77. The third-order valence-corrected chi connectivity index (χ3v) is 5.44. The summed E-state index contributed by atoms with van der Waals surface area (Å²) >= 11 is 0. The highest BCUT2D eigenvalue weighted by molar-refractivity contribution is 5.82. The van der Waals surface area contributed by atoms with Crippen LogP contribution in [0.1, 0.15) is 48.6 Å². The van der Waals surface area contributed by atoms with Gasteiger partial charge < -0.3 is 19.9 Å². The number of carbonyl (C=O) groups excluding carboxylic acids is 1. The Labute approximate surface area is 170 Å². The zero-order valence-corrected chi connectivity index (χ0v) is 17.3. The molecule has 6 heteroatoms. The van der Waals surface area contributed by atoms with E-state index in [0.717, 1.165) is 22.3 Å². The van der Waals surface area contributed by atoms with Crippen molar-refractivity contribution < 1.29 is 19.4 Å². The standard InChI is InChI=1S/C23H27NO5/c1-5-14-6-8-17-18(11-20(14)27)19(24-13(2)26)9-7-15-10-16(12-25)22(28-3)23(29-4)21(15)17/h6,8,10-11,19,25H,5,7,9,12H2,1-4H3,(H,24,26)/t19-/m0/s1. The van der Waals surface area contributed by atoms with Crippen LogP contribution in [0.15, 0.2) is 29.1 Å². The zero-order valence-electron chi connectivity index (χ0n) is 17.3. The summed E-state index contributed by atoms with van der Waals surface area (Å²) in [6.07, 6.45) is 1.90. The molecule has 0 aliphatic heterocycles. The van der Waals surface area contributed by atoms with Crippen LogP contribution < -0.4 is 20.2 Å². The molecule has 2 aromatic carbocycles. The summed E-state index contributed by atoms with van der Waals surface area (Å²) in [6.45, 7) is 3.24. The molecule has 2 aromatic rings. The normalized spacial score (nSPS) is 15.0. The summed E-state index contributed by atoms with van der Waals surface area (Å²) in [7, 11) is 3.10. The minimum Gasteiger partial charge on any atom is -0.492 e. The molecule has 1 amide bonds. The van der Waals surface area contributed by atoms with Crippen molar-refractivity contribution in [1.82, 2.24) is 5.32 Å². The molecule has 154 valence electrons. The number of carbonyl (C=O) groups is 1. The number of fused-ring (bicyclic) bond motifs is 3. The number of benzene rings is 1. The van der Waals surface area contributed by atoms with Gasteiger partial charge in [0.2, 0.25) is 5.91 Å². The smallest absolute Gasteiger partial charge is 0.217 e. The number of methoxy groups -OCH3 is 2. The van der Waals surface area contributed by atoms with Gasteiger partial charge in [-0.1, -0.05) is 19.1 Å². The third kappa shape index (κ3) is 3.85. The molecule has 29 heavy (non-hydrogen) atoms. The van der Waals surface area contributed by atoms with Crippen molar-refractivity contribution in [1.29, 1.82) is 0 Å². The van der Waals surface area contributed by atoms with Crippen LogP contribution in [0.25, 0.3) is 11.1 Å². The van der Waals surface area contributed by atoms with E-state index in [9.17, 15) is 14.7 Å². The van der Waals surface area contributed by atoms with Gasteiger partial charge in [0.25, 0.3) is 0 Å². The molecular formula is C23H27NO5. The molecule has 1 aliphatic carbocycles. The number of hydrogen-bond donors (Lipinski definition) is 2. The molecule has 6 nitrogen and oxygen atoms in total. The fourth-order valence-electron chi connectivity index (χ4n) is 4.11. The molecule has 0 spiro atoms. The maximum atomic E-state index is 12.8. The SMILES string of the molecule is CCc1ccc2c(cc1=O)[C@@H](NC(C)=O)CCc1cc(CO)c(OC)c(OC)c1-2. The number of aliphatic hydroxyl groups is 1. The first kappa shape index (κ1) is 20.9. The van der Waals surface area contributed by atoms with Crippen LogP contribution in [0.3, 0.4) is 0 Å². The molecule has 0 saturated heterocycles. The van der Waals surface area contributed by atoms with Gasteiger partial charge in [-0.05, 0) is 53.6 Å². The second kappa shape index (κ2) is 8.66. The molecule has 0 radical (unpaired) electrons. The quantitative estimate of drug-likeness (QED) is 0.810. The Morgan fingerprint density at radius 1 is 1.17 bits per heavy atom. The van der Waals surface area contributed by atoms with E-state index < -0.39 is 0 Å². The number of aliphatic hydroxyl groups excluding tert-OH is 1. The predicted molar refractivity (Wildman–Crippen MR) is 111 cm³/mol. The molecule has 1 aliphatic rings. The van der Waals surface area contributed by atoms with Crippen LogP contribution in [-0.2, 0) is 24.2 Å². The molecule has 1 atom stereocenters. The second-order valence-electron chi connectivity index (χ2n) is 7.18. The zero-order chi connectivity index (χ0) is 21.1. The molecule has 0 bridgehead atoms. The highest BCUT2D eigenvalue weighted by Crippen LogP contribution is 2.47. The monoisotopic (exact) mass is 397 g/mol. The van der Waals surface area contributed by atoms with Crippen LogP contribution in [0.5, 0.6) is 11.5 Å². The maximum Gasteiger partial charge on any atom is 0.217 e. The average molecular weight is 397 g/mol. The van der Waals surface area contributed by atoms with Crippen LogP contribution in [0.4, 0.5) is 0 Å². The summed E-state index contributed by atoms with van der Waals surface area (Å²) in [5, 5.41) is 12.8. The van der Waals surface area contributed by atoms with Gasteiger partial charge in [0.1, 0.15) is 0 Å². The van der Waals surface area contributed by atoms with Crippen molar-refractivity contribution in [2.75, 3.05) is 14.2 Å². The summed E-state index contributed by atoms with van der Waals surface area (Å²) in [4.78, 5) is 24.6. The van der Waals surface area contributed by atoms with Gasteiger partial charge in [0, 0.05) is 18.1 Å². The minimum atomic E-state index is -0.298. The molecule has 3 rings (SSSR count). The van der Waals surface area contributed by atoms with E-state index >= 15 is 0 Å². The summed E-state index contributed by atoms with van der Waals surface area (Å²) in [6, 6.07) is 7.02. The summed E-state index contributed by atoms with van der Waals surface area (Å²) < 4.78 is 11.3. The fourth-order valence-corrected chi connectivity index (χ4v) is 4.11. The van der Waals surface area contributed by atoms with Gasteiger partial charge in [-0.2, -0.15) is 0 Å². The van der Waals surface area contributed by atoms with Crippen molar-refractivity contribution >= 4 is 5.91 Å². The van der Waals surface area contributed by atoms with E-state index in [4.69, 9.17) is 9.47 Å². The lowest BCUT2D eigenvalue weighted by Crippen LogP contribution is -2.26. The molecule has 0 unspecified atom stereocenters. The van der Waals surface area contributed by atoms with Gasteiger partial charge in [-0.15, -0.1) is 0 Å². The van der Waals surface area contributed by atoms with Crippen LogP contribution >= 0.6 is 0 Å². The number of ether oxygens (including phenoxy) is 2. The summed E-state index contributed by atoms with van der Waals surface area (Å²) in [5.41, 5.74) is 4.71. The van der Waals surface area contributed by atoms with Gasteiger partial charge >= 0.3 is 0 Å². The fraction of sp³-hybridized carbons (Fsp3) is 0.391. The van der Waals surface area contributed by atoms with Crippen molar-refractivity contribution in [3.63, 3.8) is 0 Å². The number of hydrogen-bond acceptors (Lipinski definition) is 5. The van der Waals surface area contributed by atoms with E-state index in [-0.39, 0.29) is 24.0 Å². The Morgan fingerprint density at radius 3 is 2.48 bits per heavy atom. The topological polar surface area (TPSA) is 84.9 Å². The lowest BCUT2D eigenvalue weighted by atomic mass is 9.94. The highest BCUT2D eigenvalue weighted by atomic mass is 16.5. The summed E-state index contributed by atoms with van der Waals surface area (Å²) in [5.74, 6) is 0.847. The predicted octanol–water partition coefficient (Wildman–Crippen LogP) is 2.91. The number of amides is 1. The van der Waals surface area contributed by atoms with E-state index in [1.54, 1.807) is 13.2 Å². The molecule has 0 aromatic heterocycles. The molecule has 2 N–H and O–H groups in total. The van der Waals surface area contributed by atoms with Crippen molar-refractivity contribution in [2.24, 2.45) is 0 Å². The minimum absolute atomic E-state index is 0.0505. The maximum absolute atomic E-state index is 12.8. The highest BCUT2D eigenvalue weighted by Gasteiger charge is 2.28.